The molecule has 3 aromatic rings. The van der Waals surface area contributed by atoms with E-state index < -0.39 is 0 Å². The normalized spacial score (nSPS) is 13.9. The van der Waals surface area contributed by atoms with E-state index in [0.717, 1.165) is 46.1 Å². The standard InChI is InChI=1S/C23H24N4O2/c1-15-19(18-7-3-4-8-20(18)25-15)14-27(2)22(29)11-10-16-12-17-6-5-9-21(28)26-23(17)24-13-16/h3-4,7-8,10-13,25H,5-6,9,14H2,1-2H3,(H,24,26,28). The summed E-state index contributed by atoms with van der Waals surface area (Å²) in [6.45, 7) is 2.57. The molecule has 6 heteroatoms. The Kier molecular flexibility index (Phi) is 5.16. The Morgan fingerprint density at radius 1 is 1.28 bits per heavy atom. The molecule has 1 aromatic carbocycles. The lowest BCUT2D eigenvalue weighted by Gasteiger charge is -2.15. The number of H-pyrrole nitrogens is 1. The van der Waals surface area contributed by atoms with Gasteiger partial charge >= 0.3 is 0 Å². The number of aromatic nitrogens is 2. The van der Waals surface area contributed by atoms with Crippen molar-refractivity contribution < 1.29 is 9.59 Å². The van der Waals surface area contributed by atoms with E-state index in [1.807, 2.05) is 31.2 Å². The van der Waals surface area contributed by atoms with Crippen molar-refractivity contribution in [1.29, 1.82) is 0 Å². The molecule has 0 unspecified atom stereocenters. The van der Waals surface area contributed by atoms with Crippen LogP contribution in [0.25, 0.3) is 17.0 Å². The van der Waals surface area contributed by atoms with E-state index in [2.05, 4.69) is 21.4 Å². The molecule has 148 valence electrons. The van der Waals surface area contributed by atoms with Crippen molar-refractivity contribution in [1.82, 2.24) is 14.9 Å². The number of hydrogen-bond donors (Lipinski definition) is 2. The van der Waals surface area contributed by atoms with Crippen molar-refractivity contribution in [2.75, 3.05) is 12.4 Å². The summed E-state index contributed by atoms with van der Waals surface area (Å²) in [5, 5.41) is 3.97. The predicted molar refractivity (Wildman–Crippen MR) is 114 cm³/mol. The Hall–Kier alpha value is -3.41. The molecule has 6 nitrogen and oxygen atoms in total. The van der Waals surface area contributed by atoms with Crippen LogP contribution < -0.4 is 5.32 Å². The third-order valence-corrected chi connectivity index (χ3v) is 5.31. The summed E-state index contributed by atoms with van der Waals surface area (Å²) in [4.78, 5) is 33.7. The zero-order valence-corrected chi connectivity index (χ0v) is 16.7. The zero-order valence-electron chi connectivity index (χ0n) is 16.7. The van der Waals surface area contributed by atoms with Crippen molar-refractivity contribution in [2.45, 2.75) is 32.7 Å². The van der Waals surface area contributed by atoms with Crippen molar-refractivity contribution in [3.63, 3.8) is 0 Å². The number of carbonyl (C=O) groups excluding carboxylic acids is 2. The van der Waals surface area contributed by atoms with Crippen LogP contribution in [0.3, 0.4) is 0 Å². The molecule has 0 saturated carbocycles. The average molecular weight is 388 g/mol. The summed E-state index contributed by atoms with van der Waals surface area (Å²) in [6, 6.07) is 10.1. The van der Waals surface area contributed by atoms with Gasteiger partial charge in [0.15, 0.2) is 0 Å². The quantitative estimate of drug-likeness (QED) is 0.667. The van der Waals surface area contributed by atoms with Gasteiger partial charge in [-0.15, -0.1) is 0 Å². The van der Waals surface area contributed by atoms with E-state index in [9.17, 15) is 9.59 Å². The number of hydrogen-bond acceptors (Lipinski definition) is 3. The summed E-state index contributed by atoms with van der Waals surface area (Å²) < 4.78 is 0. The highest BCUT2D eigenvalue weighted by atomic mass is 16.2. The van der Waals surface area contributed by atoms with E-state index in [1.54, 1.807) is 30.3 Å². The fraction of sp³-hybridized carbons (Fsp3) is 0.261. The molecular weight excluding hydrogens is 364 g/mol. The summed E-state index contributed by atoms with van der Waals surface area (Å²) in [5.41, 5.74) is 5.15. The van der Waals surface area contributed by atoms with Gasteiger partial charge in [-0.25, -0.2) is 4.98 Å². The highest BCUT2D eigenvalue weighted by molar-refractivity contribution is 5.93. The number of fused-ring (bicyclic) bond motifs is 2. The third kappa shape index (κ3) is 4.06. The molecule has 0 radical (unpaired) electrons. The lowest BCUT2D eigenvalue weighted by Crippen LogP contribution is -2.24. The lowest BCUT2D eigenvalue weighted by atomic mass is 10.1. The van der Waals surface area contributed by atoms with Crippen LogP contribution in [0.5, 0.6) is 0 Å². The van der Waals surface area contributed by atoms with Gasteiger partial charge in [-0.1, -0.05) is 18.2 Å². The molecule has 0 bridgehead atoms. The van der Waals surface area contributed by atoms with Gasteiger partial charge in [0, 0.05) is 48.9 Å². The number of nitrogens with one attached hydrogen (secondary N) is 2. The van der Waals surface area contributed by atoms with E-state index in [1.165, 1.54) is 0 Å². The van der Waals surface area contributed by atoms with E-state index in [4.69, 9.17) is 0 Å². The number of likely N-dealkylation sites (N-methyl/N-ethyl adjacent to an activating group) is 1. The first-order valence-electron chi connectivity index (χ1n) is 9.79. The van der Waals surface area contributed by atoms with E-state index in [0.29, 0.717) is 18.8 Å². The second kappa shape index (κ2) is 7.91. The highest BCUT2D eigenvalue weighted by Crippen LogP contribution is 2.23. The molecule has 2 aromatic heterocycles. The van der Waals surface area contributed by atoms with Crippen LogP contribution in [0, 0.1) is 6.92 Å². The first kappa shape index (κ1) is 18.9. The minimum Gasteiger partial charge on any atom is -0.358 e. The average Bonchev–Trinajstić information content (AvgIpc) is 2.90. The maximum absolute atomic E-state index is 12.6. The topological polar surface area (TPSA) is 78.1 Å². The second-order valence-electron chi connectivity index (χ2n) is 7.48. The molecule has 0 atom stereocenters. The van der Waals surface area contributed by atoms with Gasteiger partial charge in [0.25, 0.3) is 0 Å². The lowest BCUT2D eigenvalue weighted by molar-refractivity contribution is -0.125. The van der Waals surface area contributed by atoms with Gasteiger partial charge in [-0.05, 0) is 54.7 Å². The van der Waals surface area contributed by atoms with Gasteiger partial charge < -0.3 is 15.2 Å². The molecule has 2 amide bonds. The number of nitrogens with zero attached hydrogens (tertiary/aromatic N) is 2. The Morgan fingerprint density at radius 2 is 2.10 bits per heavy atom. The van der Waals surface area contributed by atoms with E-state index >= 15 is 0 Å². The van der Waals surface area contributed by atoms with Crippen LogP contribution in [0.1, 0.15) is 35.2 Å². The van der Waals surface area contributed by atoms with Crippen molar-refractivity contribution in [3.8, 4) is 0 Å². The van der Waals surface area contributed by atoms with Gasteiger partial charge in [0.05, 0.1) is 0 Å². The minimum atomic E-state index is -0.0714. The van der Waals surface area contributed by atoms with Crippen molar-refractivity contribution in [3.05, 3.63) is 65.0 Å². The molecule has 1 aliphatic rings. The molecule has 3 heterocycles. The minimum absolute atomic E-state index is 0.00363. The summed E-state index contributed by atoms with van der Waals surface area (Å²) in [7, 11) is 1.80. The summed E-state index contributed by atoms with van der Waals surface area (Å²) >= 11 is 0. The van der Waals surface area contributed by atoms with Crippen molar-refractivity contribution >= 4 is 34.6 Å². The maximum atomic E-state index is 12.6. The molecule has 4 rings (SSSR count). The third-order valence-electron chi connectivity index (χ3n) is 5.31. The Balaban J connectivity index is 1.47. The summed E-state index contributed by atoms with van der Waals surface area (Å²) in [6.07, 6.45) is 7.15. The number of benzene rings is 1. The van der Waals surface area contributed by atoms with Crippen LogP contribution in [0.2, 0.25) is 0 Å². The zero-order chi connectivity index (χ0) is 20.4. The molecule has 0 spiro atoms. The number of aromatic amines is 1. The molecular formula is C23H24N4O2. The highest BCUT2D eigenvalue weighted by Gasteiger charge is 2.15. The molecule has 0 fully saturated rings. The van der Waals surface area contributed by atoms with Crippen LogP contribution in [-0.2, 0) is 22.6 Å². The fourth-order valence-electron chi connectivity index (χ4n) is 3.71. The molecule has 0 aliphatic carbocycles. The predicted octanol–water partition coefficient (Wildman–Crippen LogP) is 3.82. The number of para-hydroxylation sites is 1. The van der Waals surface area contributed by atoms with Crippen LogP contribution in [0.15, 0.2) is 42.6 Å². The summed E-state index contributed by atoms with van der Waals surface area (Å²) in [5.74, 6) is 0.560. The van der Waals surface area contributed by atoms with Crippen molar-refractivity contribution in [2.24, 2.45) is 0 Å². The Bertz CT molecular complexity index is 1110. The van der Waals surface area contributed by atoms with Crippen LogP contribution >= 0.6 is 0 Å². The van der Waals surface area contributed by atoms with Gasteiger partial charge in [0.2, 0.25) is 11.8 Å². The Morgan fingerprint density at radius 3 is 2.97 bits per heavy atom. The number of anilines is 1. The molecule has 2 N–H and O–H groups in total. The fourth-order valence-corrected chi connectivity index (χ4v) is 3.71. The largest absolute Gasteiger partial charge is 0.358 e. The number of pyridine rings is 1. The second-order valence-corrected chi connectivity index (χ2v) is 7.48. The smallest absolute Gasteiger partial charge is 0.246 e. The van der Waals surface area contributed by atoms with Gasteiger partial charge in [0.1, 0.15) is 5.82 Å². The number of amides is 2. The van der Waals surface area contributed by atoms with Gasteiger partial charge in [-0.3, -0.25) is 9.59 Å². The first-order valence-corrected chi connectivity index (χ1v) is 9.79. The monoisotopic (exact) mass is 388 g/mol. The van der Waals surface area contributed by atoms with Crippen LogP contribution in [0.4, 0.5) is 5.82 Å². The number of carbonyl (C=O) groups is 2. The molecule has 29 heavy (non-hydrogen) atoms. The number of rotatable bonds is 4. The maximum Gasteiger partial charge on any atom is 0.246 e. The van der Waals surface area contributed by atoms with E-state index in [-0.39, 0.29) is 11.8 Å². The number of aryl methyl sites for hydroxylation is 2. The Labute approximate surface area is 169 Å². The first-order chi connectivity index (χ1) is 14.0. The SMILES string of the molecule is Cc1[nH]c2ccccc2c1CN(C)C(=O)C=Cc1cnc2c(c1)CCCC(=O)N2. The van der Waals surface area contributed by atoms with Crippen LogP contribution in [-0.4, -0.2) is 33.7 Å². The molecule has 1 aliphatic heterocycles. The molecule has 0 saturated heterocycles. The van der Waals surface area contributed by atoms with Gasteiger partial charge in [-0.2, -0.15) is 0 Å².